The molecule has 0 aliphatic carbocycles. The number of anilines is 2. The maximum absolute atomic E-state index is 11.0. The molecule has 0 atom stereocenters. The van der Waals surface area contributed by atoms with Crippen molar-refractivity contribution in [2.45, 2.75) is 6.92 Å². The first-order chi connectivity index (χ1) is 9.45. The number of nitrogens with zero attached hydrogens (tertiary/aromatic N) is 2. The average Bonchev–Trinajstić information content (AvgIpc) is 2.38. The molecule has 0 unspecified atom stereocenters. The van der Waals surface area contributed by atoms with Crippen molar-refractivity contribution in [2.75, 3.05) is 5.32 Å². The van der Waals surface area contributed by atoms with Crippen LogP contribution in [0.25, 0.3) is 0 Å². The Morgan fingerprint density at radius 2 is 1.85 bits per heavy atom. The molecular weight excluding hydrogens is 274 g/mol. The van der Waals surface area contributed by atoms with Gasteiger partial charge < -0.3 is 16.8 Å². The fourth-order valence-electron chi connectivity index (χ4n) is 1.60. The lowest BCUT2D eigenvalue weighted by atomic mass is 10.2. The normalized spacial score (nSPS) is 10.1. The first-order valence-corrected chi connectivity index (χ1v) is 6.19. The highest BCUT2D eigenvalue weighted by Crippen LogP contribution is 2.14. The number of hydrogen-bond donors (Lipinski definition) is 3. The third-order valence-electron chi connectivity index (χ3n) is 2.53. The lowest BCUT2D eigenvalue weighted by molar-refractivity contribution is 0.100. The summed E-state index contributed by atoms with van der Waals surface area (Å²) in [5.74, 6) is -0.0845. The number of benzene rings is 1. The van der Waals surface area contributed by atoms with Gasteiger partial charge in [0.1, 0.15) is 10.7 Å². The fraction of sp³-hybridized carbons (Fsp3) is 0.0769. The van der Waals surface area contributed by atoms with Gasteiger partial charge in [0.15, 0.2) is 0 Å². The molecule has 0 aliphatic rings. The molecule has 0 saturated heterocycles. The van der Waals surface area contributed by atoms with Crippen LogP contribution in [-0.4, -0.2) is 20.9 Å². The van der Waals surface area contributed by atoms with Crippen molar-refractivity contribution in [2.24, 2.45) is 11.5 Å². The summed E-state index contributed by atoms with van der Waals surface area (Å²) >= 11 is 4.90. The third kappa shape index (κ3) is 3.27. The van der Waals surface area contributed by atoms with Crippen LogP contribution in [0.3, 0.4) is 0 Å². The summed E-state index contributed by atoms with van der Waals surface area (Å²) in [6.45, 7) is 1.82. The van der Waals surface area contributed by atoms with Gasteiger partial charge in [0, 0.05) is 16.9 Å². The van der Waals surface area contributed by atoms with E-state index in [2.05, 4.69) is 15.3 Å². The van der Waals surface area contributed by atoms with Gasteiger partial charge in [-0.2, -0.15) is 0 Å². The molecule has 0 saturated carbocycles. The van der Waals surface area contributed by atoms with Crippen LogP contribution in [0, 0.1) is 6.92 Å². The van der Waals surface area contributed by atoms with E-state index in [1.165, 1.54) is 0 Å². The van der Waals surface area contributed by atoms with Gasteiger partial charge >= 0.3 is 0 Å². The van der Waals surface area contributed by atoms with Gasteiger partial charge in [-0.05, 0) is 37.3 Å². The van der Waals surface area contributed by atoms with Gasteiger partial charge in [-0.15, -0.1) is 0 Å². The Labute approximate surface area is 121 Å². The van der Waals surface area contributed by atoms with E-state index in [9.17, 15) is 4.79 Å². The second kappa shape index (κ2) is 5.62. The van der Waals surface area contributed by atoms with Gasteiger partial charge in [-0.25, -0.2) is 9.97 Å². The van der Waals surface area contributed by atoms with Crippen molar-refractivity contribution in [3.8, 4) is 0 Å². The number of carbonyl (C=O) groups is 1. The Hall–Kier alpha value is -2.54. The van der Waals surface area contributed by atoms with Crippen LogP contribution in [0.1, 0.15) is 21.7 Å². The van der Waals surface area contributed by atoms with Crippen molar-refractivity contribution in [3.05, 3.63) is 47.3 Å². The summed E-state index contributed by atoms with van der Waals surface area (Å²) in [4.78, 5) is 19.6. The second-order valence-electron chi connectivity index (χ2n) is 4.15. The van der Waals surface area contributed by atoms with Crippen LogP contribution >= 0.6 is 12.2 Å². The van der Waals surface area contributed by atoms with E-state index in [0.29, 0.717) is 17.2 Å². The van der Waals surface area contributed by atoms with Gasteiger partial charge in [0.25, 0.3) is 0 Å². The Balaban J connectivity index is 2.25. The van der Waals surface area contributed by atoms with Crippen molar-refractivity contribution < 1.29 is 4.79 Å². The van der Waals surface area contributed by atoms with E-state index in [1.807, 2.05) is 6.92 Å². The highest BCUT2D eigenvalue weighted by molar-refractivity contribution is 7.80. The zero-order chi connectivity index (χ0) is 14.7. The number of primary amides is 1. The van der Waals surface area contributed by atoms with Gasteiger partial charge in [0.05, 0.1) is 0 Å². The fourth-order valence-corrected chi connectivity index (χ4v) is 1.70. The number of hydrogen-bond acceptors (Lipinski definition) is 5. The molecule has 0 bridgehead atoms. The van der Waals surface area contributed by atoms with Gasteiger partial charge in [0.2, 0.25) is 11.9 Å². The molecule has 20 heavy (non-hydrogen) atoms. The maximum atomic E-state index is 11.0. The SMILES string of the molecule is Cc1cc(C(N)=S)nc(Nc2ccc(C(N)=O)cc2)n1. The Morgan fingerprint density at radius 1 is 1.20 bits per heavy atom. The van der Waals surface area contributed by atoms with E-state index < -0.39 is 5.91 Å². The number of rotatable bonds is 4. The Bertz CT molecular complexity index is 669. The standard InChI is InChI=1S/C13H13N5OS/c1-7-6-10(12(15)20)18-13(16-7)17-9-4-2-8(3-5-9)11(14)19/h2-6H,1H3,(H2,14,19)(H2,15,20)(H,16,17,18). The smallest absolute Gasteiger partial charge is 0.248 e. The molecular formula is C13H13N5OS. The molecule has 0 fully saturated rings. The minimum Gasteiger partial charge on any atom is -0.388 e. The lowest BCUT2D eigenvalue weighted by Crippen LogP contribution is -2.14. The zero-order valence-electron chi connectivity index (χ0n) is 10.8. The topological polar surface area (TPSA) is 107 Å². The summed E-state index contributed by atoms with van der Waals surface area (Å²) in [5.41, 5.74) is 13.2. The van der Waals surface area contributed by atoms with E-state index in [4.69, 9.17) is 23.7 Å². The molecule has 6 nitrogen and oxygen atoms in total. The van der Waals surface area contributed by atoms with Crippen LogP contribution in [0.5, 0.6) is 0 Å². The second-order valence-corrected chi connectivity index (χ2v) is 4.59. The summed E-state index contributed by atoms with van der Waals surface area (Å²) in [6, 6.07) is 8.38. The maximum Gasteiger partial charge on any atom is 0.248 e. The quantitative estimate of drug-likeness (QED) is 0.731. The van der Waals surface area contributed by atoms with Crippen molar-refractivity contribution >= 4 is 34.7 Å². The predicted octanol–water partition coefficient (Wildman–Crippen LogP) is 1.26. The third-order valence-corrected chi connectivity index (χ3v) is 2.74. The molecule has 2 rings (SSSR count). The first kappa shape index (κ1) is 13.9. The number of thiocarbonyl (C=S) groups is 1. The van der Waals surface area contributed by atoms with Crippen molar-refractivity contribution in [3.63, 3.8) is 0 Å². The zero-order valence-corrected chi connectivity index (χ0v) is 11.6. The summed E-state index contributed by atoms with van der Waals surface area (Å²) in [7, 11) is 0. The summed E-state index contributed by atoms with van der Waals surface area (Å²) < 4.78 is 0. The molecule has 0 aliphatic heterocycles. The molecule has 1 aromatic heterocycles. The minimum atomic E-state index is -0.473. The number of carbonyl (C=O) groups excluding carboxylic acids is 1. The van der Waals surface area contributed by atoms with E-state index >= 15 is 0 Å². The Morgan fingerprint density at radius 3 is 2.40 bits per heavy atom. The summed E-state index contributed by atoms with van der Waals surface area (Å²) in [5, 5.41) is 3.02. The largest absolute Gasteiger partial charge is 0.388 e. The molecule has 2 aromatic rings. The number of aromatic nitrogens is 2. The lowest BCUT2D eigenvalue weighted by Gasteiger charge is -2.07. The molecule has 1 heterocycles. The molecule has 102 valence electrons. The van der Waals surface area contributed by atoms with Crippen molar-refractivity contribution in [1.29, 1.82) is 0 Å². The molecule has 1 aromatic carbocycles. The van der Waals surface area contributed by atoms with Crippen LogP contribution in [0.4, 0.5) is 11.6 Å². The van der Waals surface area contributed by atoms with Crippen LogP contribution in [0.15, 0.2) is 30.3 Å². The molecule has 0 spiro atoms. The number of aryl methyl sites for hydroxylation is 1. The molecule has 7 heteroatoms. The van der Waals surface area contributed by atoms with E-state index in [-0.39, 0.29) is 4.99 Å². The Kier molecular flexibility index (Phi) is 3.90. The van der Waals surface area contributed by atoms with Crippen molar-refractivity contribution in [1.82, 2.24) is 9.97 Å². The molecule has 1 amide bonds. The highest BCUT2D eigenvalue weighted by atomic mass is 32.1. The van der Waals surface area contributed by atoms with Crippen LogP contribution < -0.4 is 16.8 Å². The van der Waals surface area contributed by atoms with E-state index in [1.54, 1.807) is 30.3 Å². The van der Waals surface area contributed by atoms with Crippen LogP contribution in [0.2, 0.25) is 0 Å². The number of nitrogens with one attached hydrogen (secondary N) is 1. The predicted molar refractivity (Wildman–Crippen MR) is 80.9 cm³/mol. The van der Waals surface area contributed by atoms with Crippen LogP contribution in [-0.2, 0) is 0 Å². The highest BCUT2D eigenvalue weighted by Gasteiger charge is 2.05. The number of nitrogens with two attached hydrogens (primary N) is 2. The first-order valence-electron chi connectivity index (χ1n) is 5.78. The van der Waals surface area contributed by atoms with Gasteiger partial charge in [-0.3, -0.25) is 4.79 Å². The summed E-state index contributed by atoms with van der Waals surface area (Å²) in [6.07, 6.45) is 0. The van der Waals surface area contributed by atoms with E-state index in [0.717, 1.165) is 11.4 Å². The number of amides is 1. The molecule has 5 N–H and O–H groups in total. The monoisotopic (exact) mass is 287 g/mol. The molecule has 0 radical (unpaired) electrons. The van der Waals surface area contributed by atoms with Gasteiger partial charge in [-0.1, -0.05) is 12.2 Å². The average molecular weight is 287 g/mol. The minimum absolute atomic E-state index is 0.211.